The lowest BCUT2D eigenvalue weighted by Crippen LogP contribution is -2.18. The second-order valence-corrected chi connectivity index (χ2v) is 3.58. The van der Waals surface area contributed by atoms with Crippen LogP contribution in [0, 0.1) is 0 Å². The smallest absolute Gasteiger partial charge is 0.235 e. The largest absolute Gasteiger partial charge is 0.486 e. The van der Waals surface area contributed by atoms with Crippen molar-refractivity contribution in [2.75, 3.05) is 20.3 Å². The van der Waals surface area contributed by atoms with Crippen molar-refractivity contribution in [1.29, 1.82) is 0 Å². The SMILES string of the molecule is COCc1ccc(CN=C=O)c2c1OCCO2. The highest BCUT2D eigenvalue weighted by Gasteiger charge is 2.19. The summed E-state index contributed by atoms with van der Waals surface area (Å²) in [6, 6.07) is 3.76. The number of carbonyl (C=O) groups excluding carboxylic acids is 1. The van der Waals surface area contributed by atoms with Gasteiger partial charge >= 0.3 is 0 Å². The number of nitrogens with zero attached hydrogens (tertiary/aromatic N) is 1. The first kappa shape index (κ1) is 11.6. The molecule has 0 aliphatic carbocycles. The van der Waals surface area contributed by atoms with Gasteiger partial charge in [-0.25, -0.2) is 9.79 Å². The zero-order valence-electron chi connectivity index (χ0n) is 9.56. The van der Waals surface area contributed by atoms with Crippen LogP contribution in [0.15, 0.2) is 17.1 Å². The van der Waals surface area contributed by atoms with Crippen molar-refractivity contribution in [2.24, 2.45) is 4.99 Å². The van der Waals surface area contributed by atoms with E-state index in [0.717, 1.165) is 11.1 Å². The van der Waals surface area contributed by atoms with Crippen LogP contribution in [0.5, 0.6) is 11.5 Å². The van der Waals surface area contributed by atoms with Crippen LogP contribution in [0.1, 0.15) is 11.1 Å². The molecule has 2 rings (SSSR count). The Bertz CT molecular complexity index is 452. The van der Waals surface area contributed by atoms with Gasteiger partial charge in [-0.3, -0.25) is 0 Å². The van der Waals surface area contributed by atoms with E-state index in [1.165, 1.54) is 6.08 Å². The normalized spacial score (nSPS) is 13.0. The summed E-state index contributed by atoms with van der Waals surface area (Å²) in [4.78, 5) is 13.7. The molecular formula is C12H13NO4. The Morgan fingerprint density at radius 2 is 1.94 bits per heavy atom. The van der Waals surface area contributed by atoms with Crippen molar-refractivity contribution in [3.63, 3.8) is 0 Å². The minimum absolute atomic E-state index is 0.252. The third kappa shape index (κ3) is 2.46. The first-order chi connectivity index (χ1) is 8.36. The number of isocyanates is 1. The van der Waals surface area contributed by atoms with Gasteiger partial charge in [0, 0.05) is 18.2 Å². The topological polar surface area (TPSA) is 57.1 Å². The molecule has 0 N–H and O–H groups in total. The molecular weight excluding hydrogens is 222 g/mol. The van der Waals surface area contributed by atoms with Gasteiger partial charge in [-0.1, -0.05) is 12.1 Å². The minimum Gasteiger partial charge on any atom is -0.486 e. The van der Waals surface area contributed by atoms with E-state index in [2.05, 4.69) is 4.99 Å². The second-order valence-electron chi connectivity index (χ2n) is 3.58. The van der Waals surface area contributed by atoms with Gasteiger partial charge in [0.1, 0.15) is 13.2 Å². The van der Waals surface area contributed by atoms with E-state index in [4.69, 9.17) is 14.2 Å². The van der Waals surface area contributed by atoms with Crippen LogP contribution in [0.3, 0.4) is 0 Å². The maximum absolute atomic E-state index is 10.1. The van der Waals surface area contributed by atoms with Crippen molar-refractivity contribution in [3.05, 3.63) is 23.3 Å². The Morgan fingerprint density at radius 1 is 1.29 bits per heavy atom. The average Bonchev–Trinajstić information content (AvgIpc) is 2.38. The van der Waals surface area contributed by atoms with E-state index >= 15 is 0 Å². The fourth-order valence-electron chi connectivity index (χ4n) is 1.76. The maximum atomic E-state index is 10.1. The third-order valence-electron chi connectivity index (χ3n) is 2.47. The number of hydrogen-bond acceptors (Lipinski definition) is 5. The van der Waals surface area contributed by atoms with E-state index in [0.29, 0.717) is 31.3 Å². The molecule has 0 spiro atoms. The first-order valence-electron chi connectivity index (χ1n) is 5.29. The lowest BCUT2D eigenvalue weighted by molar-refractivity contribution is 0.152. The first-order valence-corrected chi connectivity index (χ1v) is 5.29. The molecule has 0 saturated heterocycles. The van der Waals surface area contributed by atoms with Gasteiger partial charge in [-0.05, 0) is 0 Å². The number of hydrogen-bond donors (Lipinski definition) is 0. The zero-order valence-corrected chi connectivity index (χ0v) is 9.56. The van der Waals surface area contributed by atoms with Crippen molar-refractivity contribution in [2.45, 2.75) is 13.2 Å². The fraction of sp³-hybridized carbons (Fsp3) is 0.417. The van der Waals surface area contributed by atoms with E-state index in [9.17, 15) is 4.79 Å². The van der Waals surface area contributed by atoms with Gasteiger partial charge in [0.25, 0.3) is 0 Å². The molecule has 17 heavy (non-hydrogen) atoms. The predicted molar refractivity (Wildman–Crippen MR) is 60.0 cm³/mol. The lowest BCUT2D eigenvalue weighted by Gasteiger charge is -2.23. The summed E-state index contributed by atoms with van der Waals surface area (Å²) in [5, 5.41) is 0. The van der Waals surface area contributed by atoms with Gasteiger partial charge in [-0.2, -0.15) is 0 Å². The molecule has 0 bridgehead atoms. The zero-order chi connectivity index (χ0) is 12.1. The van der Waals surface area contributed by atoms with Crippen molar-refractivity contribution < 1.29 is 19.0 Å². The molecule has 1 aliphatic heterocycles. The molecule has 0 amide bonds. The molecule has 1 aliphatic rings. The monoisotopic (exact) mass is 235 g/mol. The molecule has 0 radical (unpaired) electrons. The molecule has 0 atom stereocenters. The Hall–Kier alpha value is -1.84. The van der Waals surface area contributed by atoms with Gasteiger partial charge < -0.3 is 14.2 Å². The van der Waals surface area contributed by atoms with E-state index in [-0.39, 0.29) is 6.54 Å². The van der Waals surface area contributed by atoms with Gasteiger partial charge in [0.2, 0.25) is 6.08 Å². The summed E-state index contributed by atoms with van der Waals surface area (Å²) >= 11 is 0. The van der Waals surface area contributed by atoms with Crippen molar-refractivity contribution in [1.82, 2.24) is 0 Å². The van der Waals surface area contributed by atoms with Crippen LogP contribution in [-0.4, -0.2) is 26.4 Å². The molecule has 0 saturated carbocycles. The van der Waals surface area contributed by atoms with Gasteiger partial charge in [0.15, 0.2) is 11.5 Å². The lowest BCUT2D eigenvalue weighted by atomic mass is 10.1. The van der Waals surface area contributed by atoms with E-state index in [1.54, 1.807) is 7.11 Å². The number of ether oxygens (including phenoxy) is 3. The maximum Gasteiger partial charge on any atom is 0.235 e. The third-order valence-corrected chi connectivity index (χ3v) is 2.47. The Morgan fingerprint density at radius 3 is 2.59 bits per heavy atom. The van der Waals surface area contributed by atoms with E-state index in [1.807, 2.05) is 12.1 Å². The van der Waals surface area contributed by atoms with Gasteiger partial charge in [-0.15, -0.1) is 0 Å². The van der Waals surface area contributed by atoms with Gasteiger partial charge in [0.05, 0.1) is 13.2 Å². The molecule has 0 unspecified atom stereocenters. The standard InChI is InChI=1S/C12H13NO4/c1-15-7-10-3-2-9(6-13-8-14)11-12(10)17-5-4-16-11/h2-3H,4-7H2,1H3. The molecule has 1 aromatic carbocycles. The fourth-order valence-corrected chi connectivity index (χ4v) is 1.76. The van der Waals surface area contributed by atoms with Crippen molar-refractivity contribution >= 4 is 6.08 Å². The average molecular weight is 235 g/mol. The Balaban J connectivity index is 2.39. The molecule has 1 heterocycles. The van der Waals surface area contributed by atoms with Crippen LogP contribution in [0.2, 0.25) is 0 Å². The van der Waals surface area contributed by atoms with Crippen LogP contribution < -0.4 is 9.47 Å². The molecule has 0 fully saturated rings. The number of aliphatic imine (C=N–C) groups is 1. The van der Waals surface area contributed by atoms with Crippen molar-refractivity contribution in [3.8, 4) is 11.5 Å². The highest BCUT2D eigenvalue weighted by Crippen LogP contribution is 2.37. The second kappa shape index (κ2) is 5.48. The molecule has 90 valence electrons. The Kier molecular flexibility index (Phi) is 3.75. The molecule has 1 aromatic rings. The summed E-state index contributed by atoms with van der Waals surface area (Å²) in [6.45, 7) is 1.73. The summed E-state index contributed by atoms with van der Waals surface area (Å²) in [7, 11) is 1.63. The number of benzene rings is 1. The van der Waals surface area contributed by atoms with Crippen LogP contribution in [0.4, 0.5) is 0 Å². The minimum atomic E-state index is 0.252. The van der Waals surface area contributed by atoms with E-state index < -0.39 is 0 Å². The number of rotatable bonds is 4. The van der Waals surface area contributed by atoms with Crippen LogP contribution >= 0.6 is 0 Å². The molecule has 5 nitrogen and oxygen atoms in total. The quantitative estimate of drug-likeness (QED) is 0.585. The van der Waals surface area contributed by atoms with Crippen LogP contribution in [0.25, 0.3) is 0 Å². The summed E-state index contributed by atoms with van der Waals surface area (Å²) in [5.74, 6) is 1.35. The summed E-state index contributed by atoms with van der Waals surface area (Å²) < 4.78 is 16.2. The summed E-state index contributed by atoms with van der Waals surface area (Å²) in [6.07, 6.45) is 1.52. The number of fused-ring (bicyclic) bond motifs is 1. The highest BCUT2D eigenvalue weighted by molar-refractivity contribution is 5.53. The molecule has 0 aromatic heterocycles. The van der Waals surface area contributed by atoms with Crippen LogP contribution in [-0.2, 0) is 22.7 Å². The number of methoxy groups -OCH3 is 1. The highest BCUT2D eigenvalue weighted by atomic mass is 16.6. The Labute approximate surface area is 99.0 Å². The summed E-state index contributed by atoms with van der Waals surface area (Å²) in [5.41, 5.74) is 1.75. The molecule has 5 heteroatoms. The predicted octanol–water partition coefficient (Wildman–Crippen LogP) is 1.44.